The number of benzene rings is 2. The minimum absolute atomic E-state index is 0.235. The SMILES string of the molecule is CN1CCN(c2nc(O)c(C(=Cc3ccc(S(C)(=O)=O)cc3C(F)(F)F)c3ccc4[nH]ncc4c3)s2)CC1. The lowest BCUT2D eigenvalue weighted by molar-refractivity contribution is -0.137. The Morgan fingerprint density at radius 2 is 1.87 bits per heavy atom. The van der Waals surface area contributed by atoms with E-state index in [1.165, 1.54) is 17.4 Å². The van der Waals surface area contributed by atoms with Crippen LogP contribution in [0.1, 0.15) is 21.6 Å². The van der Waals surface area contributed by atoms with Crippen molar-refractivity contribution in [1.29, 1.82) is 0 Å². The highest BCUT2D eigenvalue weighted by Crippen LogP contribution is 2.42. The van der Waals surface area contributed by atoms with Gasteiger partial charge >= 0.3 is 6.18 Å². The van der Waals surface area contributed by atoms with Crippen molar-refractivity contribution in [3.8, 4) is 5.88 Å². The number of anilines is 1. The molecular weight excluding hydrogens is 539 g/mol. The van der Waals surface area contributed by atoms with Crippen molar-refractivity contribution in [3.05, 3.63) is 64.2 Å². The molecular formula is C25H24F3N5O3S2. The predicted molar refractivity (Wildman–Crippen MR) is 141 cm³/mol. The van der Waals surface area contributed by atoms with Crippen molar-refractivity contribution in [2.75, 3.05) is 44.4 Å². The summed E-state index contributed by atoms with van der Waals surface area (Å²) in [5.74, 6) is -0.288. The molecule has 2 aromatic carbocycles. The fraction of sp³-hybridized carbons (Fsp3) is 0.280. The van der Waals surface area contributed by atoms with E-state index >= 15 is 0 Å². The molecule has 0 bridgehead atoms. The molecule has 200 valence electrons. The van der Waals surface area contributed by atoms with E-state index in [4.69, 9.17) is 0 Å². The van der Waals surface area contributed by atoms with Crippen LogP contribution >= 0.6 is 11.3 Å². The predicted octanol–water partition coefficient (Wildman–Crippen LogP) is 4.49. The third-order valence-corrected chi connectivity index (χ3v) is 8.67. The number of H-pyrrole nitrogens is 1. The summed E-state index contributed by atoms with van der Waals surface area (Å²) >= 11 is 1.20. The van der Waals surface area contributed by atoms with Gasteiger partial charge in [0.1, 0.15) is 4.88 Å². The number of nitrogens with zero attached hydrogens (tertiary/aromatic N) is 4. The summed E-state index contributed by atoms with van der Waals surface area (Å²) in [6, 6.07) is 8.16. The molecule has 4 aromatic rings. The second-order valence-corrected chi connectivity index (χ2v) is 12.2. The first-order valence-corrected chi connectivity index (χ1v) is 14.3. The average molecular weight is 564 g/mol. The van der Waals surface area contributed by atoms with Gasteiger partial charge in [-0.15, -0.1) is 0 Å². The first-order valence-electron chi connectivity index (χ1n) is 11.6. The summed E-state index contributed by atoms with van der Waals surface area (Å²) in [6.07, 6.45) is -1.04. The van der Waals surface area contributed by atoms with Crippen LogP contribution in [-0.2, 0) is 16.0 Å². The minimum atomic E-state index is -4.81. The first-order chi connectivity index (χ1) is 17.9. The third kappa shape index (κ3) is 5.26. The van der Waals surface area contributed by atoms with Crippen LogP contribution in [0, 0.1) is 0 Å². The maximum absolute atomic E-state index is 14.1. The molecule has 1 fully saturated rings. The number of thiazole rings is 1. The molecule has 1 aliphatic rings. The first kappa shape index (κ1) is 26.2. The number of alkyl halides is 3. The van der Waals surface area contributed by atoms with Crippen molar-refractivity contribution >= 4 is 48.9 Å². The summed E-state index contributed by atoms with van der Waals surface area (Å²) in [6.45, 7) is 3.04. The van der Waals surface area contributed by atoms with Crippen LogP contribution in [0.3, 0.4) is 0 Å². The Bertz CT molecular complexity index is 1640. The lowest BCUT2D eigenvalue weighted by Crippen LogP contribution is -2.44. The van der Waals surface area contributed by atoms with Gasteiger partial charge in [-0.3, -0.25) is 5.10 Å². The van der Waals surface area contributed by atoms with Crippen LogP contribution in [-0.4, -0.2) is 73.1 Å². The van der Waals surface area contributed by atoms with Gasteiger partial charge in [-0.1, -0.05) is 23.5 Å². The zero-order valence-corrected chi connectivity index (χ0v) is 22.1. The lowest BCUT2D eigenvalue weighted by atomic mass is 9.97. The molecule has 0 radical (unpaired) electrons. The molecule has 2 aromatic heterocycles. The summed E-state index contributed by atoms with van der Waals surface area (Å²) in [5, 5.41) is 19.0. The molecule has 2 N–H and O–H groups in total. The topological polar surface area (TPSA) is 102 Å². The van der Waals surface area contributed by atoms with Crippen LogP contribution in [0.2, 0.25) is 0 Å². The number of aromatic nitrogens is 3. The van der Waals surface area contributed by atoms with Crippen molar-refractivity contribution in [2.24, 2.45) is 0 Å². The summed E-state index contributed by atoms with van der Waals surface area (Å²) in [5.41, 5.74) is 0.282. The molecule has 0 unspecified atom stereocenters. The van der Waals surface area contributed by atoms with E-state index in [0.717, 1.165) is 42.4 Å². The molecule has 3 heterocycles. The lowest BCUT2D eigenvalue weighted by Gasteiger charge is -2.31. The smallest absolute Gasteiger partial charge is 0.417 e. The van der Waals surface area contributed by atoms with E-state index in [2.05, 4.69) is 20.1 Å². The zero-order chi connectivity index (χ0) is 27.2. The fourth-order valence-electron chi connectivity index (χ4n) is 4.29. The zero-order valence-electron chi connectivity index (χ0n) is 20.5. The third-order valence-electron chi connectivity index (χ3n) is 6.43. The number of piperazine rings is 1. The van der Waals surface area contributed by atoms with E-state index in [-0.39, 0.29) is 11.4 Å². The Balaban J connectivity index is 1.69. The monoisotopic (exact) mass is 563 g/mol. The van der Waals surface area contributed by atoms with E-state index in [1.54, 1.807) is 24.4 Å². The molecule has 13 heteroatoms. The minimum Gasteiger partial charge on any atom is -0.492 e. The molecule has 0 saturated carbocycles. The molecule has 8 nitrogen and oxygen atoms in total. The van der Waals surface area contributed by atoms with E-state index in [1.807, 2.05) is 11.9 Å². The van der Waals surface area contributed by atoms with Crippen LogP contribution in [0.15, 0.2) is 47.5 Å². The van der Waals surface area contributed by atoms with Crippen LogP contribution in [0.4, 0.5) is 18.3 Å². The fourth-order valence-corrected chi connectivity index (χ4v) is 5.99. The van der Waals surface area contributed by atoms with Gasteiger partial charge < -0.3 is 14.9 Å². The van der Waals surface area contributed by atoms with Crippen LogP contribution < -0.4 is 4.90 Å². The highest BCUT2D eigenvalue weighted by molar-refractivity contribution is 7.90. The number of fused-ring (bicyclic) bond motifs is 1. The molecule has 1 saturated heterocycles. The molecule has 0 amide bonds. The van der Waals surface area contributed by atoms with Gasteiger partial charge in [-0.05, 0) is 48.5 Å². The maximum Gasteiger partial charge on any atom is 0.417 e. The van der Waals surface area contributed by atoms with E-state index in [0.29, 0.717) is 40.3 Å². The van der Waals surface area contributed by atoms with Crippen molar-refractivity contribution < 1.29 is 26.7 Å². The highest BCUT2D eigenvalue weighted by atomic mass is 32.2. The molecule has 0 atom stereocenters. The number of aromatic hydroxyl groups is 1. The Labute approximate surface area is 221 Å². The highest BCUT2D eigenvalue weighted by Gasteiger charge is 2.34. The van der Waals surface area contributed by atoms with Crippen LogP contribution in [0.5, 0.6) is 5.88 Å². The molecule has 0 aliphatic carbocycles. The Hall–Kier alpha value is -3.42. The Morgan fingerprint density at radius 1 is 1.13 bits per heavy atom. The van der Waals surface area contributed by atoms with Gasteiger partial charge in [0.2, 0.25) is 5.88 Å². The van der Waals surface area contributed by atoms with Crippen molar-refractivity contribution in [1.82, 2.24) is 20.1 Å². The number of sulfone groups is 1. The average Bonchev–Trinajstić information content (AvgIpc) is 3.48. The largest absolute Gasteiger partial charge is 0.492 e. The number of nitrogens with one attached hydrogen (secondary N) is 1. The van der Waals surface area contributed by atoms with Crippen molar-refractivity contribution in [2.45, 2.75) is 11.1 Å². The summed E-state index contributed by atoms with van der Waals surface area (Å²) in [7, 11) is -1.84. The second kappa shape index (κ2) is 9.71. The van der Waals surface area contributed by atoms with Gasteiger partial charge in [0.25, 0.3) is 0 Å². The van der Waals surface area contributed by atoms with E-state index in [9.17, 15) is 26.7 Å². The molecule has 5 rings (SSSR count). The van der Waals surface area contributed by atoms with Gasteiger partial charge in [-0.2, -0.15) is 23.3 Å². The molecule has 38 heavy (non-hydrogen) atoms. The van der Waals surface area contributed by atoms with Gasteiger partial charge in [0.15, 0.2) is 15.0 Å². The van der Waals surface area contributed by atoms with Gasteiger partial charge in [0.05, 0.1) is 22.2 Å². The second-order valence-electron chi connectivity index (χ2n) is 9.19. The maximum atomic E-state index is 14.1. The summed E-state index contributed by atoms with van der Waals surface area (Å²) < 4.78 is 66.2. The number of hydrogen-bond acceptors (Lipinski definition) is 8. The number of likely N-dealkylation sites (N-methyl/N-ethyl adjacent to an activating group) is 1. The summed E-state index contributed by atoms with van der Waals surface area (Å²) in [4.78, 5) is 8.43. The van der Waals surface area contributed by atoms with E-state index < -0.39 is 26.5 Å². The number of halogens is 3. The number of aromatic amines is 1. The number of hydrogen-bond donors (Lipinski definition) is 2. The number of rotatable bonds is 5. The standard InChI is InChI=1S/C25H24F3N5O3S2/c1-32-7-9-33(10-8-32)24-30-23(34)22(37-24)19(15-4-6-21-17(11-15)14-29-31-21)12-16-3-5-18(38(2,35)36)13-20(16)25(26,27)28/h3-6,11-14,34H,7-10H2,1-2H3,(H,29,31). The van der Waals surface area contributed by atoms with Gasteiger partial charge in [0, 0.05) is 43.4 Å². The molecule has 1 aliphatic heterocycles. The Morgan fingerprint density at radius 3 is 2.55 bits per heavy atom. The van der Waals surface area contributed by atoms with Gasteiger partial charge in [-0.25, -0.2) is 8.42 Å². The molecule has 0 spiro atoms. The van der Waals surface area contributed by atoms with Crippen LogP contribution in [0.25, 0.3) is 22.6 Å². The quantitative estimate of drug-likeness (QED) is 0.345. The van der Waals surface area contributed by atoms with Crippen molar-refractivity contribution in [3.63, 3.8) is 0 Å². The normalized spacial score (nSPS) is 15.9. The Kier molecular flexibility index (Phi) is 6.70.